The number of unbranched alkanes of at least 4 members (excludes halogenated alkanes) is 1. The standard InChI is InChI=1S/C25H35NO4/c1-2-26-25(30)13-9-4-3-8-12-21-22(24(29)18-23(21)28)17-16-20(27)15-14-19-10-6-5-7-11-19/h3,5-8,10-11,16-17,21-24,28-29H,2,4,9,12-15,18H2,1H3,(H,26,30)/b8-3-,17-16+/t21-,22-,23+,24-/m1/s1. The molecule has 5 heteroatoms. The Labute approximate surface area is 179 Å². The molecule has 0 saturated heterocycles. The number of benzene rings is 1. The van der Waals surface area contributed by atoms with Crippen LogP contribution in [0.3, 0.4) is 0 Å². The summed E-state index contributed by atoms with van der Waals surface area (Å²) in [6.07, 6.45) is 10.4. The number of carbonyl (C=O) groups excluding carboxylic acids is 2. The quantitative estimate of drug-likeness (QED) is 0.279. The minimum atomic E-state index is -0.630. The first-order chi connectivity index (χ1) is 14.5. The third kappa shape index (κ3) is 8.25. The van der Waals surface area contributed by atoms with Crippen molar-refractivity contribution in [2.75, 3.05) is 6.54 Å². The van der Waals surface area contributed by atoms with Crippen molar-refractivity contribution in [3.8, 4) is 0 Å². The highest BCUT2D eigenvalue weighted by atomic mass is 16.3. The average Bonchev–Trinajstić information content (AvgIpc) is 3.00. The molecule has 1 aliphatic rings. The second-order valence-corrected chi connectivity index (χ2v) is 7.98. The second-order valence-electron chi connectivity index (χ2n) is 7.98. The summed E-state index contributed by atoms with van der Waals surface area (Å²) in [5.41, 5.74) is 1.13. The van der Waals surface area contributed by atoms with E-state index in [1.54, 1.807) is 12.2 Å². The first-order valence-electron chi connectivity index (χ1n) is 11.0. The highest BCUT2D eigenvalue weighted by Gasteiger charge is 2.39. The van der Waals surface area contributed by atoms with Crippen molar-refractivity contribution in [1.29, 1.82) is 0 Å². The third-order valence-corrected chi connectivity index (χ3v) is 5.65. The lowest BCUT2D eigenvalue weighted by atomic mass is 9.89. The van der Waals surface area contributed by atoms with Gasteiger partial charge in [0.15, 0.2) is 5.78 Å². The van der Waals surface area contributed by atoms with Crippen LogP contribution in [0.25, 0.3) is 0 Å². The van der Waals surface area contributed by atoms with E-state index in [9.17, 15) is 19.8 Å². The predicted molar refractivity (Wildman–Crippen MR) is 119 cm³/mol. The molecule has 2 rings (SSSR count). The summed E-state index contributed by atoms with van der Waals surface area (Å²) in [5.74, 6) is -0.215. The molecule has 164 valence electrons. The van der Waals surface area contributed by atoms with Crippen molar-refractivity contribution in [3.05, 3.63) is 60.2 Å². The Kier molecular flexibility index (Phi) is 10.5. The molecule has 0 aromatic heterocycles. The Balaban J connectivity index is 1.78. The molecule has 5 nitrogen and oxygen atoms in total. The first kappa shape index (κ1) is 24.0. The van der Waals surface area contributed by atoms with E-state index in [1.165, 1.54) is 0 Å². The Morgan fingerprint density at radius 1 is 1.10 bits per heavy atom. The van der Waals surface area contributed by atoms with Crippen LogP contribution in [0.4, 0.5) is 0 Å². The van der Waals surface area contributed by atoms with Gasteiger partial charge in [-0.3, -0.25) is 9.59 Å². The van der Waals surface area contributed by atoms with Gasteiger partial charge in [-0.25, -0.2) is 0 Å². The molecule has 0 spiro atoms. The Hall–Kier alpha value is -2.24. The molecule has 1 aromatic carbocycles. The molecule has 4 atom stereocenters. The molecular formula is C25H35NO4. The van der Waals surface area contributed by atoms with Crippen molar-refractivity contribution >= 4 is 11.7 Å². The minimum absolute atomic E-state index is 0.0343. The van der Waals surface area contributed by atoms with Gasteiger partial charge in [-0.05, 0) is 50.2 Å². The fraction of sp³-hybridized carbons (Fsp3) is 0.520. The van der Waals surface area contributed by atoms with Crippen molar-refractivity contribution in [3.63, 3.8) is 0 Å². The second kappa shape index (κ2) is 13.1. The fourth-order valence-electron chi connectivity index (χ4n) is 3.96. The third-order valence-electron chi connectivity index (χ3n) is 5.65. The van der Waals surface area contributed by atoms with Crippen LogP contribution in [0, 0.1) is 11.8 Å². The minimum Gasteiger partial charge on any atom is -0.393 e. The number of ketones is 1. The monoisotopic (exact) mass is 413 g/mol. The van der Waals surface area contributed by atoms with E-state index in [0.29, 0.717) is 38.6 Å². The normalized spacial score (nSPS) is 24.0. The number of hydrogen-bond acceptors (Lipinski definition) is 4. The van der Waals surface area contributed by atoms with Crippen LogP contribution < -0.4 is 5.32 Å². The number of aliphatic hydroxyl groups is 2. The largest absolute Gasteiger partial charge is 0.393 e. The van der Waals surface area contributed by atoms with E-state index in [1.807, 2.05) is 49.4 Å². The lowest BCUT2D eigenvalue weighted by molar-refractivity contribution is -0.121. The topological polar surface area (TPSA) is 86.6 Å². The Bertz CT molecular complexity index is 713. The molecule has 1 fully saturated rings. The van der Waals surface area contributed by atoms with E-state index in [4.69, 9.17) is 0 Å². The maximum absolute atomic E-state index is 12.2. The number of aryl methyl sites for hydroxylation is 1. The van der Waals surface area contributed by atoms with E-state index in [0.717, 1.165) is 18.4 Å². The molecule has 0 radical (unpaired) electrons. The van der Waals surface area contributed by atoms with Gasteiger partial charge in [-0.2, -0.15) is 0 Å². The van der Waals surface area contributed by atoms with Gasteiger partial charge in [0.1, 0.15) is 0 Å². The van der Waals surface area contributed by atoms with E-state index in [2.05, 4.69) is 5.32 Å². The number of rotatable bonds is 12. The molecule has 0 aliphatic heterocycles. The van der Waals surface area contributed by atoms with Gasteiger partial charge in [0.05, 0.1) is 12.2 Å². The van der Waals surface area contributed by atoms with Crippen molar-refractivity contribution < 1.29 is 19.8 Å². The smallest absolute Gasteiger partial charge is 0.219 e. The summed E-state index contributed by atoms with van der Waals surface area (Å²) in [6, 6.07) is 9.89. The van der Waals surface area contributed by atoms with E-state index >= 15 is 0 Å². The molecule has 0 bridgehead atoms. The molecule has 3 N–H and O–H groups in total. The van der Waals surface area contributed by atoms with Crippen molar-refractivity contribution in [2.45, 2.75) is 64.1 Å². The predicted octanol–water partition coefficient (Wildman–Crippen LogP) is 3.36. The van der Waals surface area contributed by atoms with Gasteiger partial charge >= 0.3 is 0 Å². The lowest BCUT2D eigenvalue weighted by Crippen LogP contribution is -2.21. The summed E-state index contributed by atoms with van der Waals surface area (Å²) < 4.78 is 0. The molecule has 1 saturated carbocycles. The number of allylic oxidation sites excluding steroid dienone is 3. The summed E-state index contributed by atoms with van der Waals surface area (Å²) in [4.78, 5) is 23.7. The highest BCUT2D eigenvalue weighted by Crippen LogP contribution is 2.36. The van der Waals surface area contributed by atoms with Crippen LogP contribution in [0.5, 0.6) is 0 Å². The van der Waals surface area contributed by atoms with Crippen LogP contribution in [0.15, 0.2) is 54.6 Å². The molecule has 1 amide bonds. The zero-order valence-corrected chi connectivity index (χ0v) is 17.9. The number of amides is 1. The zero-order chi connectivity index (χ0) is 21.8. The number of nitrogens with one attached hydrogen (secondary N) is 1. The fourth-order valence-corrected chi connectivity index (χ4v) is 3.96. The van der Waals surface area contributed by atoms with Crippen LogP contribution in [-0.2, 0) is 16.0 Å². The van der Waals surface area contributed by atoms with Crippen LogP contribution >= 0.6 is 0 Å². The van der Waals surface area contributed by atoms with Crippen LogP contribution in [0.1, 0.15) is 51.0 Å². The maximum atomic E-state index is 12.2. The summed E-state index contributed by atoms with van der Waals surface area (Å²) >= 11 is 0. The van der Waals surface area contributed by atoms with Gasteiger partial charge < -0.3 is 15.5 Å². The molecule has 1 aromatic rings. The highest BCUT2D eigenvalue weighted by molar-refractivity contribution is 5.89. The van der Waals surface area contributed by atoms with Crippen LogP contribution in [0.2, 0.25) is 0 Å². The summed E-state index contributed by atoms with van der Waals surface area (Å²) in [7, 11) is 0. The summed E-state index contributed by atoms with van der Waals surface area (Å²) in [5, 5.41) is 23.4. The first-order valence-corrected chi connectivity index (χ1v) is 11.0. The molecule has 1 aliphatic carbocycles. The molecule has 0 heterocycles. The van der Waals surface area contributed by atoms with Crippen molar-refractivity contribution in [2.24, 2.45) is 11.8 Å². The zero-order valence-electron chi connectivity index (χ0n) is 17.9. The molecular weight excluding hydrogens is 378 g/mol. The van der Waals surface area contributed by atoms with Gasteiger partial charge in [0.25, 0.3) is 0 Å². The molecule has 30 heavy (non-hydrogen) atoms. The van der Waals surface area contributed by atoms with E-state index < -0.39 is 12.2 Å². The van der Waals surface area contributed by atoms with Gasteiger partial charge in [-0.15, -0.1) is 0 Å². The van der Waals surface area contributed by atoms with Gasteiger partial charge in [0, 0.05) is 31.7 Å². The number of aliphatic hydroxyl groups excluding tert-OH is 2. The number of carbonyl (C=O) groups is 2. The van der Waals surface area contributed by atoms with Crippen molar-refractivity contribution in [1.82, 2.24) is 5.32 Å². The van der Waals surface area contributed by atoms with Gasteiger partial charge in [-0.1, -0.05) is 48.6 Å². The lowest BCUT2D eigenvalue weighted by Gasteiger charge is -2.19. The Morgan fingerprint density at radius 3 is 2.60 bits per heavy atom. The Morgan fingerprint density at radius 2 is 1.87 bits per heavy atom. The number of hydrogen-bond donors (Lipinski definition) is 3. The summed E-state index contributed by atoms with van der Waals surface area (Å²) in [6.45, 7) is 2.56. The average molecular weight is 414 g/mol. The van der Waals surface area contributed by atoms with Crippen LogP contribution in [-0.4, -0.2) is 40.7 Å². The molecule has 0 unspecified atom stereocenters. The maximum Gasteiger partial charge on any atom is 0.219 e. The SMILES string of the molecule is CCNC(=O)CCC/C=C\C[C@@H]1[C@@H](/C=C/C(=O)CCc2ccccc2)[C@H](O)C[C@@H]1O. The van der Waals surface area contributed by atoms with Gasteiger partial charge in [0.2, 0.25) is 5.91 Å². The van der Waals surface area contributed by atoms with E-state index in [-0.39, 0.29) is 23.5 Å².